The number of pyridine rings is 1. The zero-order chi connectivity index (χ0) is 34.9. The van der Waals surface area contributed by atoms with Crippen LogP contribution in [0.25, 0.3) is 104 Å². The van der Waals surface area contributed by atoms with Crippen LogP contribution >= 0.6 is 11.3 Å². The van der Waals surface area contributed by atoms with Gasteiger partial charge in [-0.05, 0) is 54.1 Å². The van der Waals surface area contributed by atoms with Crippen LogP contribution < -0.4 is 0 Å². The molecule has 0 aliphatic heterocycles. The molecule has 0 spiro atoms. The Bertz CT molecular complexity index is 3160. The molecule has 4 nitrogen and oxygen atoms in total. The first-order chi connectivity index (χ1) is 26.3. The molecule has 0 aliphatic carbocycles. The molecule has 0 saturated heterocycles. The molecule has 5 heteroatoms. The van der Waals surface area contributed by atoms with Crippen LogP contribution in [0.5, 0.6) is 0 Å². The third-order valence-corrected chi connectivity index (χ3v) is 11.4. The number of hydrogen-bond donors (Lipinski definition) is 0. The summed E-state index contributed by atoms with van der Waals surface area (Å²) in [5.41, 5.74) is 11.0. The van der Waals surface area contributed by atoms with Crippen molar-refractivity contribution in [2.24, 2.45) is 0 Å². The van der Waals surface area contributed by atoms with E-state index < -0.39 is 0 Å². The summed E-state index contributed by atoms with van der Waals surface area (Å²) >= 11 is 1.82. The van der Waals surface area contributed by atoms with Crippen LogP contribution in [0.3, 0.4) is 0 Å². The van der Waals surface area contributed by atoms with Gasteiger partial charge in [0, 0.05) is 53.5 Å². The van der Waals surface area contributed by atoms with Gasteiger partial charge < -0.3 is 4.42 Å². The molecule has 4 heterocycles. The third-order valence-electron chi connectivity index (χ3n) is 10.2. The Hall–Kier alpha value is -6.82. The molecular weight excluding hydrogens is 667 g/mol. The number of aromatic nitrogens is 3. The molecule has 0 N–H and O–H groups in total. The molecule has 0 amide bonds. The van der Waals surface area contributed by atoms with Gasteiger partial charge in [-0.2, -0.15) is 0 Å². The summed E-state index contributed by atoms with van der Waals surface area (Å²) in [4.78, 5) is 10.5. The smallest absolute Gasteiger partial charge is 0.147 e. The summed E-state index contributed by atoms with van der Waals surface area (Å²) in [6.07, 6.45) is 0. The number of rotatable bonds is 5. The first kappa shape index (κ1) is 29.9. The second-order valence-electron chi connectivity index (χ2n) is 13.3. The number of hydrogen-bond acceptors (Lipinski definition) is 4. The molecule has 11 rings (SSSR count). The quantitative estimate of drug-likeness (QED) is 0.180. The van der Waals surface area contributed by atoms with E-state index in [0.29, 0.717) is 0 Å². The molecule has 248 valence electrons. The van der Waals surface area contributed by atoms with Crippen molar-refractivity contribution in [3.63, 3.8) is 0 Å². The fourth-order valence-corrected chi connectivity index (χ4v) is 9.04. The predicted octanol–water partition coefficient (Wildman–Crippen LogP) is 13.4. The zero-order valence-corrected chi connectivity index (χ0v) is 29.2. The van der Waals surface area contributed by atoms with Gasteiger partial charge in [0.05, 0.1) is 27.6 Å². The molecule has 0 saturated carbocycles. The third kappa shape index (κ3) is 4.68. The minimum Gasteiger partial charge on any atom is -0.455 e. The van der Waals surface area contributed by atoms with Crippen LogP contribution in [0.1, 0.15) is 0 Å². The summed E-state index contributed by atoms with van der Waals surface area (Å²) in [6.45, 7) is 0. The maximum absolute atomic E-state index is 7.20. The van der Waals surface area contributed by atoms with Gasteiger partial charge >= 0.3 is 0 Å². The summed E-state index contributed by atoms with van der Waals surface area (Å²) in [5.74, 6) is 1.74. The van der Waals surface area contributed by atoms with Gasteiger partial charge in [0.25, 0.3) is 0 Å². The molecule has 0 atom stereocenters. The molecule has 4 aromatic heterocycles. The highest BCUT2D eigenvalue weighted by Gasteiger charge is 2.26. The van der Waals surface area contributed by atoms with E-state index >= 15 is 0 Å². The van der Waals surface area contributed by atoms with Gasteiger partial charge in [0.2, 0.25) is 0 Å². The SMILES string of the molecule is c1ccc(-c2nc3ccccc3c3oc(-c4cccc5c4sc4ccccc45)c(-c4ccc(-c5nc6ccccc6n5-c5ccccc5)cc4)c23)cc1. The lowest BCUT2D eigenvalue weighted by atomic mass is 9.94. The van der Waals surface area contributed by atoms with Gasteiger partial charge in [-0.1, -0.05) is 127 Å². The minimum atomic E-state index is 0.840. The van der Waals surface area contributed by atoms with Crippen molar-refractivity contribution in [1.29, 1.82) is 0 Å². The summed E-state index contributed by atoms with van der Waals surface area (Å²) < 4.78 is 11.9. The molecule has 53 heavy (non-hydrogen) atoms. The standard InChI is InChI=1S/C48H29N3OS/c1-3-14-31(15-4-1)44-43-42(30-26-28-32(29-27-30)48-50-39-23-10-11-24-40(39)51(48)33-16-5-2-6-17-33)46(52-45(43)36-19-7-9-22-38(36)49-44)37-21-13-20-35-34-18-8-12-25-41(34)53-47(35)37/h1-29H. The Morgan fingerprint density at radius 2 is 1.15 bits per heavy atom. The average Bonchev–Trinajstić information content (AvgIpc) is 3.94. The average molecular weight is 696 g/mol. The maximum Gasteiger partial charge on any atom is 0.147 e. The summed E-state index contributed by atoms with van der Waals surface area (Å²) in [7, 11) is 0. The Morgan fingerprint density at radius 3 is 1.98 bits per heavy atom. The van der Waals surface area contributed by atoms with Crippen molar-refractivity contribution in [2.45, 2.75) is 0 Å². The van der Waals surface area contributed by atoms with E-state index in [1.807, 2.05) is 35.6 Å². The fraction of sp³-hybridized carbons (Fsp3) is 0. The van der Waals surface area contributed by atoms with Crippen molar-refractivity contribution in [3.8, 4) is 50.8 Å². The summed E-state index contributed by atoms with van der Waals surface area (Å²) in [6, 6.07) is 61.6. The van der Waals surface area contributed by atoms with Crippen LogP contribution in [-0.4, -0.2) is 14.5 Å². The Balaban J connectivity index is 1.20. The summed E-state index contributed by atoms with van der Waals surface area (Å²) in [5, 5.41) is 4.49. The highest BCUT2D eigenvalue weighted by atomic mass is 32.1. The van der Waals surface area contributed by atoms with Gasteiger partial charge in [-0.3, -0.25) is 4.57 Å². The van der Waals surface area contributed by atoms with E-state index in [9.17, 15) is 0 Å². The molecule has 0 aliphatic rings. The normalized spacial score (nSPS) is 11.8. The van der Waals surface area contributed by atoms with E-state index in [1.54, 1.807) is 0 Å². The number of benzene rings is 7. The number of furan rings is 1. The van der Waals surface area contributed by atoms with E-state index in [2.05, 4.69) is 156 Å². The molecule has 0 fully saturated rings. The lowest BCUT2D eigenvalue weighted by molar-refractivity contribution is 0.636. The Kier molecular flexibility index (Phi) is 6.69. The van der Waals surface area contributed by atoms with Crippen LogP contribution in [0.2, 0.25) is 0 Å². The van der Waals surface area contributed by atoms with Crippen LogP contribution in [0.4, 0.5) is 0 Å². The largest absolute Gasteiger partial charge is 0.455 e. The molecule has 0 unspecified atom stereocenters. The second kappa shape index (κ2) is 11.9. The van der Waals surface area contributed by atoms with E-state index in [1.165, 1.54) is 20.2 Å². The van der Waals surface area contributed by atoms with Gasteiger partial charge in [-0.25, -0.2) is 9.97 Å². The molecule has 11 aromatic rings. The molecule has 7 aromatic carbocycles. The topological polar surface area (TPSA) is 43.9 Å². The fourth-order valence-electron chi connectivity index (χ4n) is 7.83. The molecule has 0 radical (unpaired) electrons. The first-order valence-electron chi connectivity index (χ1n) is 17.8. The van der Waals surface area contributed by atoms with E-state index in [0.717, 1.165) is 83.7 Å². The van der Waals surface area contributed by atoms with Gasteiger partial charge in [-0.15, -0.1) is 11.3 Å². The number of fused-ring (bicyclic) bond motifs is 7. The Morgan fingerprint density at radius 1 is 0.491 bits per heavy atom. The van der Waals surface area contributed by atoms with E-state index in [-0.39, 0.29) is 0 Å². The predicted molar refractivity (Wildman–Crippen MR) is 221 cm³/mol. The lowest BCUT2D eigenvalue weighted by Crippen LogP contribution is -1.97. The number of imidazole rings is 1. The van der Waals surface area contributed by atoms with Gasteiger partial charge in [0.1, 0.15) is 17.2 Å². The molecular formula is C48H29N3OS. The van der Waals surface area contributed by atoms with Gasteiger partial charge in [0.15, 0.2) is 0 Å². The highest BCUT2D eigenvalue weighted by Crippen LogP contribution is 2.50. The number of para-hydroxylation sites is 4. The maximum atomic E-state index is 7.20. The van der Waals surface area contributed by atoms with Crippen molar-refractivity contribution in [1.82, 2.24) is 14.5 Å². The van der Waals surface area contributed by atoms with Crippen molar-refractivity contribution in [3.05, 3.63) is 176 Å². The van der Waals surface area contributed by atoms with E-state index in [4.69, 9.17) is 14.4 Å². The lowest BCUT2D eigenvalue weighted by Gasteiger charge is -2.11. The van der Waals surface area contributed by atoms with Crippen LogP contribution in [0, 0.1) is 0 Å². The number of nitrogens with zero attached hydrogens (tertiary/aromatic N) is 3. The van der Waals surface area contributed by atoms with Crippen LogP contribution in [0.15, 0.2) is 180 Å². The zero-order valence-electron chi connectivity index (χ0n) is 28.4. The van der Waals surface area contributed by atoms with Crippen molar-refractivity contribution < 1.29 is 4.42 Å². The first-order valence-corrected chi connectivity index (χ1v) is 18.6. The number of thiophene rings is 1. The monoisotopic (exact) mass is 695 g/mol. The van der Waals surface area contributed by atoms with Crippen LogP contribution in [-0.2, 0) is 0 Å². The van der Waals surface area contributed by atoms with Crippen molar-refractivity contribution >= 4 is 64.4 Å². The minimum absolute atomic E-state index is 0.840. The Labute approximate surface area is 308 Å². The highest BCUT2D eigenvalue weighted by molar-refractivity contribution is 7.26. The molecule has 0 bridgehead atoms. The second-order valence-corrected chi connectivity index (χ2v) is 14.4. The van der Waals surface area contributed by atoms with Crippen molar-refractivity contribution in [2.75, 3.05) is 0 Å².